The molecule has 1 aromatic carbocycles. The van der Waals surface area contributed by atoms with E-state index in [2.05, 4.69) is 0 Å². The predicted molar refractivity (Wildman–Crippen MR) is 62.6 cm³/mol. The lowest BCUT2D eigenvalue weighted by Crippen LogP contribution is -2.27. The maximum absolute atomic E-state index is 11.6. The number of hydrogen-bond donors (Lipinski definition) is 0. The van der Waals surface area contributed by atoms with Gasteiger partial charge in [0.05, 0.1) is 17.8 Å². The van der Waals surface area contributed by atoms with E-state index < -0.39 is 26.1 Å². The summed E-state index contributed by atoms with van der Waals surface area (Å²) in [6.45, 7) is 0. The highest BCUT2D eigenvalue weighted by molar-refractivity contribution is 7.90. The van der Waals surface area contributed by atoms with Crippen molar-refractivity contribution >= 4 is 20.0 Å². The molecule has 1 aliphatic rings. The normalized spacial score (nSPS) is 23.0. The van der Waals surface area contributed by atoms with Gasteiger partial charge in [-0.2, -0.15) is 8.42 Å². The molecule has 1 aromatic rings. The Morgan fingerprint density at radius 2 is 1.94 bits per heavy atom. The average molecular weight is 276 g/mol. The summed E-state index contributed by atoms with van der Waals surface area (Å²) in [4.78, 5) is 0. The Bertz CT molecular complexity index is 630. The SMILES string of the molecule is CS(=O)(=O)OC1CS(=O)(=O)Cc2ccccc21. The summed E-state index contributed by atoms with van der Waals surface area (Å²) < 4.78 is 50.3. The molecule has 1 heterocycles. The molecule has 17 heavy (non-hydrogen) atoms. The van der Waals surface area contributed by atoms with Gasteiger partial charge in [-0.05, 0) is 11.1 Å². The number of rotatable bonds is 2. The Labute approximate surface area is 100 Å². The van der Waals surface area contributed by atoms with Gasteiger partial charge in [0, 0.05) is 0 Å². The van der Waals surface area contributed by atoms with Crippen LogP contribution in [-0.2, 0) is 29.9 Å². The van der Waals surface area contributed by atoms with Crippen LogP contribution in [0.25, 0.3) is 0 Å². The summed E-state index contributed by atoms with van der Waals surface area (Å²) >= 11 is 0. The fourth-order valence-corrected chi connectivity index (χ4v) is 4.13. The zero-order valence-corrected chi connectivity index (χ0v) is 10.8. The first kappa shape index (κ1) is 12.5. The van der Waals surface area contributed by atoms with Gasteiger partial charge in [0.2, 0.25) is 0 Å². The van der Waals surface area contributed by atoms with Crippen molar-refractivity contribution < 1.29 is 21.0 Å². The van der Waals surface area contributed by atoms with Gasteiger partial charge >= 0.3 is 0 Å². The number of sulfone groups is 1. The van der Waals surface area contributed by atoms with E-state index in [0.29, 0.717) is 11.1 Å². The highest BCUT2D eigenvalue weighted by Crippen LogP contribution is 2.31. The number of hydrogen-bond acceptors (Lipinski definition) is 5. The first-order valence-corrected chi connectivity index (χ1v) is 8.57. The molecule has 0 bridgehead atoms. The second-order valence-corrected chi connectivity index (χ2v) is 7.75. The Morgan fingerprint density at radius 3 is 2.59 bits per heavy atom. The highest BCUT2D eigenvalue weighted by Gasteiger charge is 2.32. The summed E-state index contributed by atoms with van der Waals surface area (Å²) in [7, 11) is -6.99. The van der Waals surface area contributed by atoms with Crippen LogP contribution in [-0.4, -0.2) is 28.8 Å². The van der Waals surface area contributed by atoms with E-state index in [1.807, 2.05) is 0 Å². The van der Waals surface area contributed by atoms with Gasteiger partial charge in [0.25, 0.3) is 10.1 Å². The van der Waals surface area contributed by atoms with Crippen molar-refractivity contribution in [2.75, 3.05) is 12.0 Å². The minimum atomic E-state index is -3.68. The summed E-state index contributed by atoms with van der Waals surface area (Å²) in [5.74, 6) is -0.357. The third-order valence-electron chi connectivity index (χ3n) is 2.47. The van der Waals surface area contributed by atoms with Crippen molar-refractivity contribution in [3.8, 4) is 0 Å². The Kier molecular flexibility index (Phi) is 3.01. The van der Waals surface area contributed by atoms with E-state index in [4.69, 9.17) is 4.18 Å². The molecular formula is C10H12O5S2. The molecular weight excluding hydrogens is 264 g/mol. The fraction of sp³-hybridized carbons (Fsp3) is 0.400. The van der Waals surface area contributed by atoms with Crippen LogP contribution in [0.15, 0.2) is 24.3 Å². The van der Waals surface area contributed by atoms with E-state index in [1.54, 1.807) is 24.3 Å². The van der Waals surface area contributed by atoms with Gasteiger partial charge in [-0.3, -0.25) is 4.18 Å². The monoisotopic (exact) mass is 276 g/mol. The molecule has 0 fully saturated rings. The molecule has 1 aliphatic heterocycles. The summed E-state index contributed by atoms with van der Waals surface area (Å²) in [6.07, 6.45) is -0.0171. The molecule has 0 aromatic heterocycles. The van der Waals surface area contributed by atoms with Crippen LogP contribution in [0, 0.1) is 0 Å². The first-order chi connectivity index (χ1) is 7.77. The number of benzene rings is 1. The molecule has 0 N–H and O–H groups in total. The van der Waals surface area contributed by atoms with Crippen LogP contribution in [0.2, 0.25) is 0 Å². The zero-order valence-electron chi connectivity index (χ0n) is 9.16. The minimum absolute atomic E-state index is 0.0627. The maximum Gasteiger partial charge on any atom is 0.265 e. The van der Waals surface area contributed by atoms with Crippen molar-refractivity contribution in [1.29, 1.82) is 0 Å². The fourth-order valence-electron chi connectivity index (χ4n) is 1.89. The Hall–Kier alpha value is -0.920. The van der Waals surface area contributed by atoms with Crippen molar-refractivity contribution in [3.05, 3.63) is 35.4 Å². The standard InChI is InChI=1S/C10H12O5S2/c1-16(11,12)15-10-7-17(13,14)6-8-4-2-3-5-9(8)10/h2-5,10H,6-7H2,1H3. The minimum Gasteiger partial charge on any atom is -0.261 e. The van der Waals surface area contributed by atoms with Crippen molar-refractivity contribution in [2.45, 2.75) is 11.9 Å². The van der Waals surface area contributed by atoms with Crippen LogP contribution in [0.1, 0.15) is 17.2 Å². The topological polar surface area (TPSA) is 77.5 Å². The number of fused-ring (bicyclic) bond motifs is 1. The second kappa shape index (κ2) is 4.08. The van der Waals surface area contributed by atoms with E-state index in [1.165, 1.54) is 0 Å². The second-order valence-electron chi connectivity index (χ2n) is 4.04. The van der Waals surface area contributed by atoms with Gasteiger partial charge in [-0.25, -0.2) is 8.42 Å². The van der Waals surface area contributed by atoms with Crippen molar-refractivity contribution in [1.82, 2.24) is 0 Å². The summed E-state index contributed by atoms with van der Waals surface area (Å²) in [6, 6.07) is 6.82. The van der Waals surface area contributed by atoms with Crippen LogP contribution < -0.4 is 0 Å². The third-order valence-corrected chi connectivity index (χ3v) is 4.62. The van der Waals surface area contributed by atoms with Gasteiger partial charge in [-0.1, -0.05) is 24.3 Å². The van der Waals surface area contributed by atoms with E-state index in [9.17, 15) is 16.8 Å². The molecule has 0 saturated carbocycles. The quantitative estimate of drug-likeness (QED) is 0.740. The van der Waals surface area contributed by atoms with E-state index >= 15 is 0 Å². The van der Waals surface area contributed by atoms with Gasteiger partial charge in [0.1, 0.15) is 6.10 Å². The van der Waals surface area contributed by atoms with Crippen LogP contribution in [0.3, 0.4) is 0 Å². The summed E-state index contributed by atoms with van der Waals surface area (Å²) in [5.41, 5.74) is 1.24. The van der Waals surface area contributed by atoms with Crippen LogP contribution in [0.5, 0.6) is 0 Å². The van der Waals surface area contributed by atoms with Crippen LogP contribution in [0.4, 0.5) is 0 Å². The van der Waals surface area contributed by atoms with E-state index in [-0.39, 0.29) is 11.5 Å². The van der Waals surface area contributed by atoms with Crippen molar-refractivity contribution in [3.63, 3.8) is 0 Å². The lowest BCUT2D eigenvalue weighted by atomic mass is 10.0. The molecule has 0 saturated heterocycles. The first-order valence-electron chi connectivity index (χ1n) is 4.93. The molecule has 0 aliphatic carbocycles. The Morgan fingerprint density at radius 1 is 1.29 bits per heavy atom. The van der Waals surface area contributed by atoms with Gasteiger partial charge in [0.15, 0.2) is 9.84 Å². The smallest absolute Gasteiger partial charge is 0.261 e. The molecule has 1 unspecified atom stereocenters. The molecule has 0 amide bonds. The average Bonchev–Trinajstić information content (AvgIpc) is 2.13. The maximum atomic E-state index is 11.6. The highest BCUT2D eigenvalue weighted by atomic mass is 32.2. The lowest BCUT2D eigenvalue weighted by Gasteiger charge is -2.24. The molecule has 2 rings (SSSR count). The Balaban J connectivity index is 2.47. The molecule has 7 heteroatoms. The molecule has 5 nitrogen and oxygen atoms in total. The van der Waals surface area contributed by atoms with E-state index in [0.717, 1.165) is 6.26 Å². The largest absolute Gasteiger partial charge is 0.265 e. The predicted octanol–water partition coefficient (Wildman–Crippen LogP) is 0.632. The molecule has 1 atom stereocenters. The summed E-state index contributed by atoms with van der Waals surface area (Å²) in [5, 5.41) is 0. The van der Waals surface area contributed by atoms with Crippen molar-refractivity contribution in [2.24, 2.45) is 0 Å². The van der Waals surface area contributed by atoms with Crippen LogP contribution >= 0.6 is 0 Å². The molecule has 0 spiro atoms. The van der Waals surface area contributed by atoms with Gasteiger partial charge in [-0.15, -0.1) is 0 Å². The lowest BCUT2D eigenvalue weighted by molar-refractivity contribution is 0.235. The zero-order chi connectivity index (χ0) is 12.7. The molecule has 94 valence electrons. The van der Waals surface area contributed by atoms with Gasteiger partial charge < -0.3 is 0 Å². The molecule has 0 radical (unpaired) electrons. The third kappa shape index (κ3) is 3.05.